The summed E-state index contributed by atoms with van der Waals surface area (Å²) in [5.74, 6) is 0.370. The van der Waals surface area contributed by atoms with Crippen LogP contribution in [0.25, 0.3) is 0 Å². The first kappa shape index (κ1) is 21.7. The zero-order valence-electron chi connectivity index (χ0n) is 16.3. The summed E-state index contributed by atoms with van der Waals surface area (Å²) in [4.78, 5) is 14.5. The Kier molecular flexibility index (Phi) is 8.53. The van der Waals surface area contributed by atoms with Crippen molar-refractivity contribution >= 4 is 16.1 Å². The molecule has 0 radical (unpaired) electrons. The van der Waals surface area contributed by atoms with Crippen molar-refractivity contribution < 1.29 is 13.2 Å². The summed E-state index contributed by atoms with van der Waals surface area (Å²) < 4.78 is 25.4. The van der Waals surface area contributed by atoms with E-state index in [1.165, 1.54) is 39.4 Å². The van der Waals surface area contributed by atoms with Crippen molar-refractivity contribution in [2.24, 2.45) is 5.92 Å². The lowest BCUT2D eigenvalue weighted by Gasteiger charge is -2.29. The Bertz CT molecular complexity index is 685. The number of hydrogen-bond acceptors (Lipinski definition) is 4. The van der Waals surface area contributed by atoms with Gasteiger partial charge in [-0.2, -0.15) is 0 Å². The summed E-state index contributed by atoms with van der Waals surface area (Å²) in [5, 5.41) is 5.77. The van der Waals surface area contributed by atoms with Crippen molar-refractivity contribution in [3.8, 4) is 0 Å². The summed E-state index contributed by atoms with van der Waals surface area (Å²) in [6.07, 6.45) is 3.89. The average Bonchev–Trinajstić information content (AvgIpc) is 2.66. The van der Waals surface area contributed by atoms with E-state index in [1.54, 1.807) is 12.1 Å². The fourth-order valence-corrected chi connectivity index (χ4v) is 3.98. The highest BCUT2D eigenvalue weighted by atomic mass is 32.2. The smallest absolute Gasteiger partial charge is 0.315 e. The SMILES string of the molecule is CNS(=O)(=O)Cc1ccc(CNC(=O)NCC(C)CN2CCCCC2)cc1. The fourth-order valence-electron chi connectivity index (χ4n) is 3.20. The molecule has 1 saturated heterocycles. The normalized spacial score (nSPS) is 16.7. The molecule has 3 N–H and O–H groups in total. The molecule has 0 bridgehead atoms. The highest BCUT2D eigenvalue weighted by Crippen LogP contribution is 2.10. The Hall–Kier alpha value is -1.64. The molecule has 1 aliphatic heterocycles. The third-order valence-electron chi connectivity index (χ3n) is 4.77. The van der Waals surface area contributed by atoms with E-state index in [1.807, 2.05) is 12.1 Å². The molecule has 152 valence electrons. The second-order valence-corrected chi connectivity index (χ2v) is 9.24. The zero-order chi connectivity index (χ0) is 19.7. The number of nitrogens with zero attached hydrogens (tertiary/aromatic N) is 1. The first-order valence-electron chi connectivity index (χ1n) is 9.61. The maximum atomic E-state index is 12.0. The largest absolute Gasteiger partial charge is 0.338 e. The molecular weight excluding hydrogens is 364 g/mol. The van der Waals surface area contributed by atoms with Crippen molar-refractivity contribution in [3.05, 3.63) is 35.4 Å². The number of piperidine rings is 1. The Morgan fingerprint density at radius 1 is 1.07 bits per heavy atom. The predicted octanol–water partition coefficient (Wildman–Crippen LogP) is 1.66. The van der Waals surface area contributed by atoms with Crippen LogP contribution in [-0.4, -0.2) is 52.6 Å². The molecule has 0 spiro atoms. The monoisotopic (exact) mass is 396 g/mol. The lowest BCUT2D eigenvalue weighted by atomic mass is 10.1. The van der Waals surface area contributed by atoms with Gasteiger partial charge in [0.15, 0.2) is 0 Å². The molecule has 2 amide bonds. The van der Waals surface area contributed by atoms with Crippen molar-refractivity contribution in [2.45, 2.75) is 38.5 Å². The first-order chi connectivity index (χ1) is 12.9. The average molecular weight is 397 g/mol. The lowest BCUT2D eigenvalue weighted by molar-refractivity contribution is 0.197. The molecule has 2 rings (SSSR count). The number of sulfonamides is 1. The second-order valence-electron chi connectivity index (χ2n) is 7.31. The molecule has 8 heteroatoms. The number of nitrogens with one attached hydrogen (secondary N) is 3. The molecule has 0 aliphatic carbocycles. The van der Waals surface area contributed by atoms with Gasteiger partial charge in [-0.3, -0.25) is 0 Å². The number of amides is 2. The van der Waals surface area contributed by atoms with Gasteiger partial charge in [0.05, 0.1) is 5.75 Å². The number of benzene rings is 1. The van der Waals surface area contributed by atoms with E-state index in [9.17, 15) is 13.2 Å². The van der Waals surface area contributed by atoms with E-state index in [-0.39, 0.29) is 11.8 Å². The van der Waals surface area contributed by atoms with Gasteiger partial charge in [-0.1, -0.05) is 37.6 Å². The number of hydrogen-bond donors (Lipinski definition) is 3. The molecule has 1 fully saturated rings. The van der Waals surface area contributed by atoms with Gasteiger partial charge in [0.1, 0.15) is 0 Å². The van der Waals surface area contributed by atoms with Crippen LogP contribution in [0.1, 0.15) is 37.3 Å². The molecule has 7 nitrogen and oxygen atoms in total. The van der Waals surface area contributed by atoms with E-state index in [2.05, 4.69) is 27.2 Å². The Labute approximate surface area is 163 Å². The zero-order valence-corrected chi connectivity index (χ0v) is 17.1. The van der Waals surface area contributed by atoms with Gasteiger partial charge in [0, 0.05) is 19.6 Å². The lowest BCUT2D eigenvalue weighted by Crippen LogP contribution is -2.41. The van der Waals surface area contributed by atoms with E-state index in [0.717, 1.165) is 12.1 Å². The van der Waals surface area contributed by atoms with Crippen LogP contribution in [0.4, 0.5) is 4.79 Å². The molecule has 1 heterocycles. The maximum Gasteiger partial charge on any atom is 0.315 e. The van der Waals surface area contributed by atoms with Crippen LogP contribution >= 0.6 is 0 Å². The van der Waals surface area contributed by atoms with Crippen LogP contribution < -0.4 is 15.4 Å². The molecule has 1 unspecified atom stereocenters. The Morgan fingerprint density at radius 3 is 2.33 bits per heavy atom. The molecule has 0 aromatic heterocycles. The molecule has 0 saturated carbocycles. The summed E-state index contributed by atoms with van der Waals surface area (Å²) in [6.45, 7) is 6.59. The number of likely N-dealkylation sites (tertiary alicyclic amines) is 1. The third-order valence-corrected chi connectivity index (χ3v) is 6.11. The Balaban J connectivity index is 1.67. The van der Waals surface area contributed by atoms with Crippen molar-refractivity contribution in [2.75, 3.05) is 33.2 Å². The molecular formula is C19H32N4O3S. The molecule has 1 aromatic carbocycles. The molecule has 1 atom stereocenters. The van der Waals surface area contributed by atoms with Gasteiger partial charge in [-0.05, 0) is 50.0 Å². The van der Waals surface area contributed by atoms with Crippen LogP contribution in [0, 0.1) is 5.92 Å². The fraction of sp³-hybridized carbons (Fsp3) is 0.632. The van der Waals surface area contributed by atoms with Crippen LogP contribution in [0.5, 0.6) is 0 Å². The molecule has 1 aliphatic rings. The van der Waals surface area contributed by atoms with Gasteiger partial charge in [0.2, 0.25) is 10.0 Å². The van der Waals surface area contributed by atoms with Gasteiger partial charge in [-0.15, -0.1) is 0 Å². The number of carbonyl (C=O) groups is 1. The minimum atomic E-state index is -3.27. The first-order valence-corrected chi connectivity index (χ1v) is 11.3. The summed E-state index contributed by atoms with van der Waals surface area (Å²) in [7, 11) is -1.87. The van der Waals surface area contributed by atoms with Crippen molar-refractivity contribution in [1.29, 1.82) is 0 Å². The van der Waals surface area contributed by atoms with E-state index in [4.69, 9.17) is 0 Å². The minimum absolute atomic E-state index is 0.0490. The second kappa shape index (κ2) is 10.6. The topological polar surface area (TPSA) is 90.5 Å². The highest BCUT2D eigenvalue weighted by Gasteiger charge is 2.14. The number of carbonyl (C=O) groups excluding carboxylic acids is 1. The van der Waals surface area contributed by atoms with Crippen LogP contribution in [0.3, 0.4) is 0 Å². The van der Waals surface area contributed by atoms with Crippen LogP contribution in [0.15, 0.2) is 24.3 Å². The quantitative estimate of drug-likeness (QED) is 0.592. The van der Waals surface area contributed by atoms with Crippen LogP contribution in [0.2, 0.25) is 0 Å². The summed E-state index contributed by atoms with van der Waals surface area (Å²) in [6, 6.07) is 7.02. The van der Waals surface area contributed by atoms with E-state index >= 15 is 0 Å². The van der Waals surface area contributed by atoms with E-state index < -0.39 is 10.0 Å². The minimum Gasteiger partial charge on any atom is -0.338 e. The van der Waals surface area contributed by atoms with Crippen molar-refractivity contribution in [1.82, 2.24) is 20.3 Å². The maximum absolute atomic E-state index is 12.0. The third kappa shape index (κ3) is 8.28. The van der Waals surface area contributed by atoms with Gasteiger partial charge < -0.3 is 15.5 Å². The summed E-state index contributed by atoms with van der Waals surface area (Å²) >= 11 is 0. The van der Waals surface area contributed by atoms with Crippen LogP contribution in [-0.2, 0) is 22.3 Å². The van der Waals surface area contributed by atoms with Gasteiger partial charge in [0.25, 0.3) is 0 Å². The number of urea groups is 1. The summed E-state index contributed by atoms with van der Waals surface area (Å²) in [5.41, 5.74) is 1.64. The predicted molar refractivity (Wildman–Crippen MR) is 108 cm³/mol. The molecule has 1 aromatic rings. The number of rotatable bonds is 9. The standard InChI is InChI=1S/C19H32N4O3S/c1-16(14-23-10-4-3-5-11-23)12-21-19(24)22-13-17-6-8-18(9-7-17)15-27(25,26)20-2/h6-9,16,20H,3-5,10-15H2,1-2H3,(H2,21,22,24). The van der Waals surface area contributed by atoms with Crippen molar-refractivity contribution in [3.63, 3.8) is 0 Å². The highest BCUT2D eigenvalue weighted by molar-refractivity contribution is 7.88. The Morgan fingerprint density at radius 2 is 1.70 bits per heavy atom. The van der Waals surface area contributed by atoms with E-state index in [0.29, 0.717) is 24.6 Å². The van der Waals surface area contributed by atoms with Gasteiger partial charge in [-0.25, -0.2) is 17.9 Å². The van der Waals surface area contributed by atoms with Gasteiger partial charge >= 0.3 is 6.03 Å². The molecule has 27 heavy (non-hydrogen) atoms.